The summed E-state index contributed by atoms with van der Waals surface area (Å²) in [5.74, 6) is 0.350. The molecule has 0 aliphatic heterocycles. The molecule has 0 fully saturated rings. The van der Waals surface area contributed by atoms with Gasteiger partial charge in [0.15, 0.2) is 5.78 Å². The highest BCUT2D eigenvalue weighted by Gasteiger charge is 2.26. The number of Topliss-reactive ketones (excluding diaryl/α,β-unsaturated/α-hetero) is 1. The van der Waals surface area contributed by atoms with Crippen molar-refractivity contribution >= 4 is 17.5 Å². The quantitative estimate of drug-likeness (QED) is 0.424. The molecular weight excluding hydrogens is 390 g/mol. The van der Waals surface area contributed by atoms with Gasteiger partial charge in [-0.25, -0.2) is 4.98 Å². The minimum atomic E-state index is -0.281. The molecule has 0 spiro atoms. The second-order valence-corrected chi connectivity index (χ2v) is 7.55. The van der Waals surface area contributed by atoms with Crippen LogP contribution in [0.4, 0.5) is 5.82 Å². The molecule has 1 amide bonds. The number of amides is 1. The van der Waals surface area contributed by atoms with Crippen molar-refractivity contribution in [1.29, 1.82) is 0 Å². The van der Waals surface area contributed by atoms with Crippen LogP contribution in [-0.4, -0.2) is 34.9 Å². The Hall–Kier alpha value is -3.51. The Morgan fingerprint density at radius 3 is 2.87 bits per heavy atom. The second-order valence-electron chi connectivity index (χ2n) is 7.55. The smallest absolute Gasteiger partial charge is 0.251 e. The number of pyridine rings is 1. The van der Waals surface area contributed by atoms with Gasteiger partial charge in [-0.1, -0.05) is 36.4 Å². The standard InChI is InChI=1S/C25H25N3O3/c1-2-13-31-16-23(30)28-22-15-18(11-12-26-22)25-19(14-17-7-4-3-5-8-17)24-20(27-25)9-6-10-21(24)29/h2-5,7-8,11-12,15,27H,1,6,9-10,13-14,16H2,(H,26,28,30). The predicted molar refractivity (Wildman–Crippen MR) is 120 cm³/mol. The van der Waals surface area contributed by atoms with Crippen molar-refractivity contribution in [3.63, 3.8) is 0 Å². The summed E-state index contributed by atoms with van der Waals surface area (Å²) in [6, 6.07) is 13.8. The normalized spacial score (nSPS) is 13.0. The predicted octanol–water partition coefficient (Wildman–Crippen LogP) is 4.33. The number of hydrogen-bond donors (Lipinski definition) is 2. The number of aromatic amines is 1. The van der Waals surface area contributed by atoms with Gasteiger partial charge in [-0.2, -0.15) is 0 Å². The molecule has 0 saturated carbocycles. The van der Waals surface area contributed by atoms with Crippen molar-refractivity contribution in [2.75, 3.05) is 18.5 Å². The number of aromatic nitrogens is 2. The lowest BCUT2D eigenvalue weighted by Gasteiger charge is -2.12. The van der Waals surface area contributed by atoms with Crippen molar-refractivity contribution in [3.05, 3.63) is 83.7 Å². The fraction of sp³-hybridized carbons (Fsp3) is 0.240. The van der Waals surface area contributed by atoms with Gasteiger partial charge < -0.3 is 15.0 Å². The molecule has 4 rings (SSSR count). The number of aryl methyl sites for hydroxylation is 1. The Morgan fingerprint density at radius 1 is 1.23 bits per heavy atom. The highest BCUT2D eigenvalue weighted by molar-refractivity contribution is 6.01. The third kappa shape index (κ3) is 4.81. The summed E-state index contributed by atoms with van der Waals surface area (Å²) < 4.78 is 5.18. The van der Waals surface area contributed by atoms with Crippen molar-refractivity contribution in [2.24, 2.45) is 0 Å². The van der Waals surface area contributed by atoms with E-state index >= 15 is 0 Å². The van der Waals surface area contributed by atoms with Crippen molar-refractivity contribution in [1.82, 2.24) is 9.97 Å². The molecule has 0 radical (unpaired) electrons. The molecule has 0 unspecified atom stereocenters. The minimum Gasteiger partial charge on any atom is -0.368 e. The maximum Gasteiger partial charge on any atom is 0.251 e. The highest BCUT2D eigenvalue weighted by atomic mass is 16.5. The molecule has 0 saturated heterocycles. The number of benzene rings is 1. The van der Waals surface area contributed by atoms with Gasteiger partial charge in [0.05, 0.1) is 12.3 Å². The average molecular weight is 415 g/mol. The molecule has 2 N–H and O–H groups in total. The summed E-state index contributed by atoms with van der Waals surface area (Å²) in [5, 5.41) is 2.76. The Morgan fingerprint density at radius 2 is 2.06 bits per heavy atom. The topological polar surface area (TPSA) is 84.1 Å². The first-order valence-corrected chi connectivity index (χ1v) is 10.4. The number of carbonyl (C=O) groups is 2. The number of ether oxygens (including phenoxy) is 1. The van der Waals surface area contributed by atoms with Crippen LogP contribution < -0.4 is 5.32 Å². The summed E-state index contributed by atoms with van der Waals surface area (Å²) >= 11 is 0. The largest absolute Gasteiger partial charge is 0.368 e. The summed E-state index contributed by atoms with van der Waals surface area (Å²) in [6.45, 7) is 3.81. The average Bonchev–Trinajstić information content (AvgIpc) is 3.14. The molecule has 0 bridgehead atoms. The van der Waals surface area contributed by atoms with Crippen LogP contribution in [0, 0.1) is 0 Å². The number of anilines is 1. The summed E-state index contributed by atoms with van der Waals surface area (Å²) in [5.41, 5.74) is 5.76. The fourth-order valence-corrected chi connectivity index (χ4v) is 3.96. The van der Waals surface area contributed by atoms with Crippen LogP contribution in [0.3, 0.4) is 0 Å². The number of nitrogens with one attached hydrogen (secondary N) is 2. The van der Waals surface area contributed by atoms with E-state index in [1.165, 1.54) is 0 Å². The third-order valence-electron chi connectivity index (χ3n) is 5.30. The SMILES string of the molecule is C=CCOCC(=O)Nc1cc(-c2[nH]c3c(c2Cc2ccccc2)C(=O)CCC3)ccn1. The molecule has 2 aromatic heterocycles. The highest BCUT2D eigenvalue weighted by Crippen LogP contribution is 2.35. The molecule has 1 aromatic carbocycles. The van der Waals surface area contributed by atoms with Gasteiger partial charge in [0.2, 0.25) is 0 Å². The zero-order valence-electron chi connectivity index (χ0n) is 17.3. The van der Waals surface area contributed by atoms with Gasteiger partial charge in [-0.3, -0.25) is 9.59 Å². The number of H-pyrrole nitrogens is 1. The monoisotopic (exact) mass is 415 g/mol. The second kappa shape index (κ2) is 9.53. The maximum absolute atomic E-state index is 12.8. The Balaban J connectivity index is 1.67. The molecule has 6 nitrogen and oxygen atoms in total. The first kappa shape index (κ1) is 20.8. The minimum absolute atomic E-state index is 0.0670. The van der Waals surface area contributed by atoms with Crippen LogP contribution >= 0.6 is 0 Å². The van der Waals surface area contributed by atoms with Gasteiger partial charge in [-0.05, 0) is 36.1 Å². The van der Waals surface area contributed by atoms with E-state index in [0.717, 1.165) is 46.5 Å². The van der Waals surface area contributed by atoms with E-state index in [1.807, 2.05) is 30.3 Å². The van der Waals surface area contributed by atoms with E-state index in [9.17, 15) is 9.59 Å². The lowest BCUT2D eigenvalue weighted by Crippen LogP contribution is -2.19. The molecule has 0 atom stereocenters. The first-order chi connectivity index (χ1) is 15.2. The zero-order valence-corrected chi connectivity index (χ0v) is 17.3. The van der Waals surface area contributed by atoms with E-state index in [1.54, 1.807) is 12.3 Å². The lowest BCUT2D eigenvalue weighted by molar-refractivity contribution is -0.120. The summed E-state index contributed by atoms with van der Waals surface area (Å²) in [4.78, 5) is 32.6. The zero-order chi connectivity index (χ0) is 21.6. The molecule has 2 heterocycles. The Bertz CT molecular complexity index is 1100. The molecular formula is C25H25N3O3. The van der Waals surface area contributed by atoms with Crippen molar-refractivity contribution in [2.45, 2.75) is 25.7 Å². The number of hydrogen-bond acceptors (Lipinski definition) is 4. The van der Waals surface area contributed by atoms with Crippen LogP contribution in [-0.2, 0) is 22.4 Å². The lowest BCUT2D eigenvalue weighted by atomic mass is 9.90. The molecule has 1 aliphatic rings. The number of fused-ring (bicyclic) bond motifs is 1. The Labute approximate surface area is 181 Å². The van der Waals surface area contributed by atoms with E-state index in [2.05, 4.69) is 34.0 Å². The molecule has 158 valence electrons. The molecule has 3 aromatic rings. The summed E-state index contributed by atoms with van der Waals surface area (Å²) in [7, 11) is 0. The van der Waals surface area contributed by atoms with Crippen LogP contribution in [0.5, 0.6) is 0 Å². The number of ketones is 1. The van der Waals surface area contributed by atoms with Gasteiger partial charge >= 0.3 is 0 Å². The van der Waals surface area contributed by atoms with Crippen LogP contribution in [0.1, 0.15) is 40.0 Å². The van der Waals surface area contributed by atoms with Gasteiger partial charge in [0, 0.05) is 35.9 Å². The van der Waals surface area contributed by atoms with Crippen molar-refractivity contribution < 1.29 is 14.3 Å². The van der Waals surface area contributed by atoms with E-state index < -0.39 is 0 Å². The first-order valence-electron chi connectivity index (χ1n) is 10.4. The van der Waals surface area contributed by atoms with E-state index in [4.69, 9.17) is 4.74 Å². The van der Waals surface area contributed by atoms with Crippen LogP contribution in [0.2, 0.25) is 0 Å². The number of rotatable bonds is 8. The maximum atomic E-state index is 12.8. The van der Waals surface area contributed by atoms with Gasteiger partial charge in [-0.15, -0.1) is 6.58 Å². The molecule has 6 heteroatoms. The van der Waals surface area contributed by atoms with E-state index in [-0.39, 0.29) is 18.3 Å². The molecule has 31 heavy (non-hydrogen) atoms. The van der Waals surface area contributed by atoms with Crippen LogP contribution in [0.15, 0.2) is 61.3 Å². The summed E-state index contributed by atoms with van der Waals surface area (Å²) in [6.07, 6.45) is 6.21. The number of nitrogens with zero attached hydrogens (tertiary/aromatic N) is 1. The van der Waals surface area contributed by atoms with Crippen molar-refractivity contribution in [3.8, 4) is 11.3 Å². The Kier molecular flexibility index (Phi) is 6.38. The molecule has 1 aliphatic carbocycles. The van der Waals surface area contributed by atoms with E-state index in [0.29, 0.717) is 25.3 Å². The fourth-order valence-electron chi connectivity index (χ4n) is 3.96. The van der Waals surface area contributed by atoms with Gasteiger partial charge in [0.1, 0.15) is 12.4 Å². The van der Waals surface area contributed by atoms with Crippen LogP contribution in [0.25, 0.3) is 11.3 Å². The third-order valence-corrected chi connectivity index (χ3v) is 5.30. The van der Waals surface area contributed by atoms with Gasteiger partial charge in [0.25, 0.3) is 5.91 Å². The number of carbonyl (C=O) groups excluding carboxylic acids is 2.